The first-order valence-corrected chi connectivity index (χ1v) is 11.1. The SMILES string of the molecule is O=C(CN1CCCCC1CNC(=O)Nc1ccccc1)Nc1ccccc1SC(F)F. The lowest BCUT2D eigenvalue weighted by atomic mass is 10.0. The molecule has 1 aliphatic heterocycles. The Morgan fingerprint density at radius 1 is 1.03 bits per heavy atom. The molecule has 0 saturated carbocycles. The van der Waals surface area contributed by atoms with Gasteiger partial charge in [0.15, 0.2) is 0 Å². The molecule has 0 spiro atoms. The number of hydrogen-bond acceptors (Lipinski definition) is 4. The third kappa shape index (κ3) is 7.52. The van der Waals surface area contributed by atoms with Gasteiger partial charge in [0.25, 0.3) is 5.76 Å². The molecule has 1 unspecified atom stereocenters. The monoisotopic (exact) mass is 448 g/mol. The zero-order valence-electron chi connectivity index (χ0n) is 17.0. The summed E-state index contributed by atoms with van der Waals surface area (Å²) >= 11 is 0.410. The molecule has 6 nitrogen and oxygen atoms in total. The highest BCUT2D eigenvalue weighted by Gasteiger charge is 2.25. The number of piperidine rings is 1. The van der Waals surface area contributed by atoms with E-state index >= 15 is 0 Å². The van der Waals surface area contributed by atoms with E-state index in [0.717, 1.165) is 25.8 Å². The second-order valence-electron chi connectivity index (χ2n) is 7.24. The minimum Gasteiger partial charge on any atom is -0.336 e. The molecule has 1 heterocycles. The first-order valence-electron chi connectivity index (χ1n) is 10.2. The van der Waals surface area contributed by atoms with Crippen molar-refractivity contribution in [3.63, 3.8) is 0 Å². The van der Waals surface area contributed by atoms with Crippen molar-refractivity contribution in [1.29, 1.82) is 0 Å². The van der Waals surface area contributed by atoms with Gasteiger partial charge in [0.05, 0.1) is 12.2 Å². The second kappa shape index (κ2) is 11.7. The van der Waals surface area contributed by atoms with E-state index in [1.54, 1.807) is 36.4 Å². The average Bonchev–Trinajstić information content (AvgIpc) is 2.75. The maximum atomic E-state index is 12.8. The highest BCUT2D eigenvalue weighted by Crippen LogP contribution is 2.31. The van der Waals surface area contributed by atoms with Crippen LogP contribution in [-0.4, -0.2) is 48.3 Å². The normalized spacial score (nSPS) is 16.7. The lowest BCUT2D eigenvalue weighted by Crippen LogP contribution is -2.49. The number of anilines is 2. The quantitative estimate of drug-likeness (QED) is 0.516. The maximum Gasteiger partial charge on any atom is 0.319 e. The molecule has 166 valence electrons. The lowest BCUT2D eigenvalue weighted by Gasteiger charge is -2.35. The Morgan fingerprint density at radius 3 is 2.55 bits per heavy atom. The number of halogens is 2. The Morgan fingerprint density at radius 2 is 1.77 bits per heavy atom. The summed E-state index contributed by atoms with van der Waals surface area (Å²) in [6, 6.07) is 15.4. The smallest absolute Gasteiger partial charge is 0.319 e. The van der Waals surface area contributed by atoms with Crippen molar-refractivity contribution in [2.24, 2.45) is 0 Å². The van der Waals surface area contributed by atoms with E-state index < -0.39 is 5.76 Å². The summed E-state index contributed by atoms with van der Waals surface area (Å²) in [7, 11) is 0. The van der Waals surface area contributed by atoms with Crippen LogP contribution in [0.2, 0.25) is 0 Å². The molecule has 3 amide bonds. The Hall–Kier alpha value is -2.65. The van der Waals surface area contributed by atoms with Crippen molar-refractivity contribution in [3.8, 4) is 0 Å². The Labute approximate surface area is 184 Å². The van der Waals surface area contributed by atoms with Crippen molar-refractivity contribution < 1.29 is 18.4 Å². The number of carbonyl (C=O) groups excluding carboxylic acids is 2. The van der Waals surface area contributed by atoms with Crippen molar-refractivity contribution in [1.82, 2.24) is 10.2 Å². The molecule has 0 aromatic heterocycles. The summed E-state index contributed by atoms with van der Waals surface area (Å²) in [5, 5.41) is 8.40. The molecule has 3 N–H and O–H groups in total. The number of thioether (sulfide) groups is 1. The van der Waals surface area contributed by atoms with E-state index in [2.05, 4.69) is 16.0 Å². The fourth-order valence-electron chi connectivity index (χ4n) is 3.55. The average molecular weight is 449 g/mol. The van der Waals surface area contributed by atoms with Crippen LogP contribution < -0.4 is 16.0 Å². The van der Waals surface area contributed by atoms with Crippen LogP contribution >= 0.6 is 11.8 Å². The van der Waals surface area contributed by atoms with Gasteiger partial charge in [0, 0.05) is 23.2 Å². The summed E-state index contributed by atoms with van der Waals surface area (Å²) in [5.74, 6) is -2.82. The molecule has 2 aromatic rings. The number of alkyl halides is 2. The Bertz CT molecular complexity index is 870. The van der Waals surface area contributed by atoms with Gasteiger partial charge in [-0.1, -0.05) is 48.5 Å². The van der Waals surface area contributed by atoms with Crippen LogP contribution in [0, 0.1) is 0 Å². The number of rotatable bonds is 8. The molecule has 0 bridgehead atoms. The Kier molecular flexibility index (Phi) is 8.66. The van der Waals surface area contributed by atoms with Crippen LogP contribution in [0.15, 0.2) is 59.5 Å². The predicted molar refractivity (Wildman–Crippen MR) is 120 cm³/mol. The molecule has 2 aromatic carbocycles. The minimum atomic E-state index is -2.56. The Balaban J connectivity index is 1.52. The highest BCUT2D eigenvalue weighted by molar-refractivity contribution is 7.99. The fourth-order valence-corrected chi connectivity index (χ4v) is 4.14. The number of nitrogens with one attached hydrogen (secondary N) is 3. The second-order valence-corrected chi connectivity index (χ2v) is 8.28. The number of urea groups is 1. The third-order valence-corrected chi connectivity index (χ3v) is 5.79. The molecule has 1 fully saturated rings. The number of amides is 3. The number of benzene rings is 2. The van der Waals surface area contributed by atoms with E-state index in [4.69, 9.17) is 0 Å². The number of likely N-dealkylation sites (tertiary alicyclic amines) is 1. The zero-order valence-corrected chi connectivity index (χ0v) is 17.8. The zero-order chi connectivity index (χ0) is 22.1. The van der Waals surface area contributed by atoms with E-state index in [-0.39, 0.29) is 24.5 Å². The van der Waals surface area contributed by atoms with E-state index in [9.17, 15) is 18.4 Å². The fraction of sp³-hybridized carbons (Fsp3) is 0.364. The summed E-state index contributed by atoms with van der Waals surface area (Å²) in [5.41, 5.74) is 1.09. The third-order valence-electron chi connectivity index (χ3n) is 5.00. The molecule has 1 aliphatic rings. The summed E-state index contributed by atoms with van der Waals surface area (Å²) in [4.78, 5) is 27.1. The first-order chi connectivity index (χ1) is 15.0. The molecule has 3 rings (SSSR count). The highest BCUT2D eigenvalue weighted by atomic mass is 32.2. The lowest BCUT2D eigenvalue weighted by molar-refractivity contribution is -0.118. The van der Waals surface area contributed by atoms with Gasteiger partial charge >= 0.3 is 6.03 Å². The topological polar surface area (TPSA) is 73.5 Å². The molecule has 1 saturated heterocycles. The number of para-hydroxylation sites is 2. The van der Waals surface area contributed by atoms with Crippen LogP contribution in [0.5, 0.6) is 0 Å². The summed E-state index contributed by atoms with van der Waals surface area (Å²) in [6.07, 6.45) is 2.87. The standard InChI is InChI=1S/C22H26F2N4O2S/c23-21(24)31-19-12-5-4-11-18(19)27-20(29)15-28-13-7-6-10-17(28)14-25-22(30)26-16-8-2-1-3-9-16/h1-5,8-9,11-12,17,21H,6-7,10,13-15H2,(H,27,29)(H2,25,26,30). The van der Waals surface area contributed by atoms with E-state index in [1.807, 2.05) is 23.1 Å². The van der Waals surface area contributed by atoms with Gasteiger partial charge < -0.3 is 16.0 Å². The van der Waals surface area contributed by atoms with Gasteiger partial charge in [-0.25, -0.2) is 4.79 Å². The van der Waals surface area contributed by atoms with Gasteiger partial charge in [-0.15, -0.1) is 0 Å². The van der Waals surface area contributed by atoms with Gasteiger partial charge in [0.2, 0.25) is 5.91 Å². The maximum absolute atomic E-state index is 12.8. The van der Waals surface area contributed by atoms with Gasteiger partial charge in [-0.3, -0.25) is 9.69 Å². The van der Waals surface area contributed by atoms with Crippen LogP contribution in [0.25, 0.3) is 0 Å². The van der Waals surface area contributed by atoms with Gasteiger partial charge in [-0.2, -0.15) is 8.78 Å². The molecule has 9 heteroatoms. The van der Waals surface area contributed by atoms with Crippen molar-refractivity contribution in [3.05, 3.63) is 54.6 Å². The van der Waals surface area contributed by atoms with Gasteiger partial charge in [0.1, 0.15) is 0 Å². The molecule has 1 atom stereocenters. The molecule has 0 aliphatic carbocycles. The van der Waals surface area contributed by atoms with Crippen LogP contribution in [-0.2, 0) is 4.79 Å². The van der Waals surface area contributed by atoms with Crippen LogP contribution in [0.1, 0.15) is 19.3 Å². The molecular formula is C22H26F2N4O2S. The summed E-state index contributed by atoms with van der Waals surface area (Å²) < 4.78 is 25.5. The van der Waals surface area contributed by atoms with Crippen LogP contribution in [0.3, 0.4) is 0 Å². The minimum absolute atomic E-state index is 0.0340. The van der Waals surface area contributed by atoms with E-state index in [1.165, 1.54) is 0 Å². The largest absolute Gasteiger partial charge is 0.336 e. The van der Waals surface area contributed by atoms with Crippen molar-refractivity contribution >= 4 is 35.1 Å². The van der Waals surface area contributed by atoms with Crippen molar-refractivity contribution in [2.45, 2.75) is 36.0 Å². The number of nitrogens with zero attached hydrogens (tertiary/aromatic N) is 1. The summed E-state index contributed by atoms with van der Waals surface area (Å²) in [6.45, 7) is 1.30. The first kappa shape index (κ1) is 23.0. The predicted octanol–water partition coefficient (Wildman–Crippen LogP) is 4.62. The number of hydrogen-bond donors (Lipinski definition) is 3. The van der Waals surface area contributed by atoms with Gasteiger partial charge in [-0.05, 0) is 43.7 Å². The molecular weight excluding hydrogens is 422 g/mol. The molecule has 31 heavy (non-hydrogen) atoms. The van der Waals surface area contributed by atoms with E-state index in [0.29, 0.717) is 34.6 Å². The number of carbonyl (C=O) groups is 2. The van der Waals surface area contributed by atoms with Crippen molar-refractivity contribution in [2.75, 3.05) is 30.3 Å². The molecule has 0 radical (unpaired) electrons. The van der Waals surface area contributed by atoms with Crippen LogP contribution in [0.4, 0.5) is 25.0 Å².